The van der Waals surface area contributed by atoms with E-state index in [1.54, 1.807) is 0 Å². The van der Waals surface area contributed by atoms with Gasteiger partial charge >= 0.3 is 0 Å². The molecular formula is C32H30BrClN2O2. The van der Waals surface area contributed by atoms with E-state index in [9.17, 15) is 15.2 Å². The van der Waals surface area contributed by atoms with Crippen LogP contribution in [0, 0.1) is 22.2 Å². The normalized spacial score (nSPS) is 22.7. The first-order chi connectivity index (χ1) is 17.9. The molecule has 1 aliphatic heterocycles. The van der Waals surface area contributed by atoms with Gasteiger partial charge in [-0.2, -0.15) is 5.26 Å². The SMILES string of the molecule is CC1(C)CC(=O)C(C2=C3C(=NC(c4ccc(Br)cc4)=C(C#N)C3c3cccc(Cl)c3)CC(C)(C)C2)=C(O)C1. The van der Waals surface area contributed by atoms with Gasteiger partial charge in [0.25, 0.3) is 0 Å². The average Bonchev–Trinajstić information content (AvgIpc) is 2.81. The van der Waals surface area contributed by atoms with E-state index in [4.69, 9.17) is 16.6 Å². The monoisotopic (exact) mass is 588 g/mol. The second-order valence-corrected chi connectivity index (χ2v) is 13.5. The molecule has 0 bridgehead atoms. The Bertz CT molecular complexity index is 1520. The van der Waals surface area contributed by atoms with Crippen LogP contribution in [0.3, 0.4) is 0 Å². The minimum atomic E-state index is -0.459. The average molecular weight is 590 g/mol. The molecule has 0 aromatic heterocycles. The van der Waals surface area contributed by atoms with Gasteiger partial charge in [0.05, 0.1) is 22.9 Å². The Labute approximate surface area is 237 Å². The van der Waals surface area contributed by atoms with Crippen molar-refractivity contribution in [3.8, 4) is 6.07 Å². The fourth-order valence-electron chi connectivity index (χ4n) is 6.09. The number of hydrogen-bond donors (Lipinski definition) is 1. The van der Waals surface area contributed by atoms with E-state index in [1.807, 2.05) is 62.4 Å². The summed E-state index contributed by atoms with van der Waals surface area (Å²) in [5, 5.41) is 22.4. The van der Waals surface area contributed by atoms with Gasteiger partial charge < -0.3 is 5.11 Å². The van der Waals surface area contributed by atoms with Gasteiger partial charge in [0.1, 0.15) is 5.76 Å². The van der Waals surface area contributed by atoms with E-state index in [0.717, 1.165) is 32.5 Å². The molecule has 0 radical (unpaired) electrons. The smallest absolute Gasteiger partial charge is 0.167 e. The molecular weight excluding hydrogens is 560 g/mol. The molecule has 3 aliphatic rings. The molecule has 2 aromatic rings. The summed E-state index contributed by atoms with van der Waals surface area (Å²) >= 11 is 9.96. The van der Waals surface area contributed by atoms with E-state index in [1.165, 1.54) is 0 Å². The van der Waals surface area contributed by atoms with E-state index in [0.29, 0.717) is 47.5 Å². The van der Waals surface area contributed by atoms with Gasteiger partial charge in [-0.1, -0.05) is 79.5 Å². The fraction of sp³-hybridized carbons (Fsp3) is 0.344. The number of rotatable bonds is 3. The molecule has 0 amide bonds. The number of hydrogen-bond acceptors (Lipinski definition) is 4. The van der Waals surface area contributed by atoms with Gasteiger partial charge in [0, 0.05) is 39.5 Å². The number of aliphatic hydroxyl groups is 1. The maximum atomic E-state index is 13.6. The topological polar surface area (TPSA) is 73.5 Å². The summed E-state index contributed by atoms with van der Waals surface area (Å²) < 4.78 is 0.943. The molecule has 1 heterocycles. The molecule has 2 aromatic carbocycles. The Kier molecular flexibility index (Phi) is 6.78. The van der Waals surface area contributed by atoms with Crippen molar-refractivity contribution in [1.29, 1.82) is 5.26 Å². The summed E-state index contributed by atoms with van der Waals surface area (Å²) in [6.07, 6.45) is 2.10. The van der Waals surface area contributed by atoms with Crippen LogP contribution in [0.2, 0.25) is 5.02 Å². The van der Waals surface area contributed by atoms with E-state index in [2.05, 4.69) is 35.8 Å². The van der Waals surface area contributed by atoms with Crippen LogP contribution >= 0.6 is 27.5 Å². The number of aliphatic hydroxyl groups excluding tert-OH is 1. The molecule has 4 nitrogen and oxygen atoms in total. The van der Waals surface area contributed by atoms with Crippen LogP contribution in [-0.2, 0) is 4.79 Å². The third kappa shape index (κ3) is 4.93. The van der Waals surface area contributed by atoms with Crippen LogP contribution in [0.15, 0.2) is 86.0 Å². The third-order valence-corrected chi connectivity index (χ3v) is 8.35. The summed E-state index contributed by atoms with van der Waals surface area (Å²) in [5.74, 6) is -0.375. The standard InChI is InChI=1S/C32H30BrClN2O2/c1-31(2)13-22(29-25(37)15-32(3,4)16-26(29)38)28-24(14-31)36-30(18-8-10-20(33)11-9-18)23(17-35)27(28)19-6-5-7-21(34)12-19/h5-12,27,37H,13-16H2,1-4H3. The van der Waals surface area contributed by atoms with Crippen molar-refractivity contribution >= 4 is 44.7 Å². The molecule has 194 valence electrons. The molecule has 0 saturated carbocycles. The molecule has 5 rings (SSSR count). The first-order valence-electron chi connectivity index (χ1n) is 12.8. The maximum Gasteiger partial charge on any atom is 0.167 e. The molecule has 6 heteroatoms. The first-order valence-corrected chi connectivity index (χ1v) is 14.0. The number of aliphatic imine (C=N–C) groups is 1. The number of ketones is 1. The Morgan fingerprint density at radius 3 is 2.34 bits per heavy atom. The number of nitriles is 1. The highest BCUT2D eigenvalue weighted by atomic mass is 79.9. The highest BCUT2D eigenvalue weighted by Crippen LogP contribution is 2.52. The number of fused-ring (bicyclic) bond motifs is 1. The Morgan fingerprint density at radius 2 is 1.71 bits per heavy atom. The Hall–Kier alpha value is -2.94. The predicted octanol–water partition coefficient (Wildman–Crippen LogP) is 8.89. The molecule has 2 aliphatic carbocycles. The van der Waals surface area contributed by atoms with E-state index < -0.39 is 5.92 Å². The van der Waals surface area contributed by atoms with Crippen LogP contribution in [0.5, 0.6) is 0 Å². The van der Waals surface area contributed by atoms with Gasteiger partial charge in [-0.3, -0.25) is 9.79 Å². The molecule has 0 saturated heterocycles. The first kappa shape index (κ1) is 26.7. The molecule has 0 spiro atoms. The molecule has 1 atom stereocenters. The number of Topliss-reactive ketones (excluding diaryl/α,β-unsaturated/α-hetero) is 1. The van der Waals surface area contributed by atoms with Crippen molar-refractivity contribution in [1.82, 2.24) is 0 Å². The highest BCUT2D eigenvalue weighted by molar-refractivity contribution is 9.10. The number of carbonyl (C=O) groups excluding carboxylic acids is 1. The third-order valence-electron chi connectivity index (χ3n) is 7.59. The molecule has 1 N–H and O–H groups in total. The highest BCUT2D eigenvalue weighted by Gasteiger charge is 2.44. The van der Waals surface area contributed by atoms with Crippen LogP contribution < -0.4 is 0 Å². The Balaban J connectivity index is 1.85. The van der Waals surface area contributed by atoms with Gasteiger partial charge in [0.15, 0.2) is 5.78 Å². The van der Waals surface area contributed by atoms with Crippen molar-refractivity contribution in [2.45, 2.75) is 59.3 Å². The lowest BCUT2D eigenvalue weighted by atomic mass is 9.63. The van der Waals surface area contributed by atoms with Crippen molar-refractivity contribution in [3.05, 3.63) is 97.2 Å². The van der Waals surface area contributed by atoms with Crippen molar-refractivity contribution in [3.63, 3.8) is 0 Å². The summed E-state index contributed by atoms with van der Waals surface area (Å²) in [4.78, 5) is 18.7. The lowest BCUT2D eigenvalue weighted by Gasteiger charge is -2.41. The maximum absolute atomic E-state index is 13.6. The number of allylic oxidation sites excluding steroid dienone is 5. The van der Waals surface area contributed by atoms with Crippen LogP contribution in [0.25, 0.3) is 5.70 Å². The summed E-state index contributed by atoms with van der Waals surface area (Å²) in [6.45, 7) is 8.34. The lowest BCUT2D eigenvalue weighted by Crippen LogP contribution is -2.35. The summed E-state index contributed by atoms with van der Waals surface area (Å²) in [5.41, 5.74) is 5.31. The Morgan fingerprint density at radius 1 is 1.03 bits per heavy atom. The zero-order valence-electron chi connectivity index (χ0n) is 22.0. The predicted molar refractivity (Wildman–Crippen MR) is 156 cm³/mol. The van der Waals surface area contributed by atoms with Gasteiger partial charge in [-0.05, 0) is 64.6 Å². The summed E-state index contributed by atoms with van der Waals surface area (Å²) in [6, 6.07) is 17.8. The van der Waals surface area contributed by atoms with Crippen LogP contribution in [-0.4, -0.2) is 16.6 Å². The molecule has 1 unspecified atom stereocenters. The number of halogens is 2. The summed E-state index contributed by atoms with van der Waals surface area (Å²) in [7, 11) is 0. The number of benzene rings is 2. The zero-order valence-corrected chi connectivity index (χ0v) is 24.4. The number of nitrogens with zero attached hydrogens (tertiary/aromatic N) is 2. The van der Waals surface area contributed by atoms with Crippen LogP contribution in [0.4, 0.5) is 0 Å². The molecule has 0 fully saturated rings. The second kappa shape index (κ2) is 9.67. The van der Waals surface area contributed by atoms with Gasteiger partial charge in [0.2, 0.25) is 0 Å². The fourth-order valence-corrected chi connectivity index (χ4v) is 6.56. The minimum Gasteiger partial charge on any atom is -0.512 e. The zero-order chi connectivity index (χ0) is 27.4. The van der Waals surface area contributed by atoms with Crippen molar-refractivity contribution < 1.29 is 9.90 Å². The largest absolute Gasteiger partial charge is 0.512 e. The quantitative estimate of drug-likeness (QED) is 0.388. The van der Waals surface area contributed by atoms with Gasteiger partial charge in [-0.15, -0.1) is 0 Å². The van der Waals surface area contributed by atoms with Crippen molar-refractivity contribution in [2.24, 2.45) is 15.8 Å². The van der Waals surface area contributed by atoms with Crippen LogP contribution in [0.1, 0.15) is 70.4 Å². The minimum absolute atomic E-state index is 0.0515. The second-order valence-electron chi connectivity index (χ2n) is 12.1. The lowest BCUT2D eigenvalue weighted by molar-refractivity contribution is -0.118. The van der Waals surface area contributed by atoms with E-state index >= 15 is 0 Å². The number of carbonyl (C=O) groups is 1. The molecule has 38 heavy (non-hydrogen) atoms. The van der Waals surface area contributed by atoms with Crippen molar-refractivity contribution in [2.75, 3.05) is 0 Å². The van der Waals surface area contributed by atoms with Gasteiger partial charge in [-0.25, -0.2) is 0 Å². The van der Waals surface area contributed by atoms with E-state index in [-0.39, 0.29) is 22.4 Å².